The fraction of sp³-hybridized carbons (Fsp3) is 0.929. The van der Waals surface area contributed by atoms with Gasteiger partial charge in [-0.2, -0.15) is 0 Å². The van der Waals surface area contributed by atoms with Gasteiger partial charge in [0.25, 0.3) is 0 Å². The number of rotatable bonds is 1. The Labute approximate surface area is 115 Å². The summed E-state index contributed by atoms with van der Waals surface area (Å²) in [6, 6.07) is 1.25. The smallest absolute Gasteiger partial charge is 0.157 e. The monoisotopic (exact) mass is 267 g/mol. The second-order valence-electron chi connectivity index (χ2n) is 6.10. The molecule has 0 aromatic carbocycles. The molecule has 1 aliphatic carbocycles. The number of hydrogen-bond acceptors (Lipinski definition) is 4. The lowest BCUT2D eigenvalue weighted by Crippen LogP contribution is -2.47. The minimum atomic E-state index is 0.621. The molecule has 0 spiro atoms. The van der Waals surface area contributed by atoms with E-state index in [-0.39, 0.29) is 0 Å². The molecule has 4 heteroatoms. The van der Waals surface area contributed by atoms with Gasteiger partial charge in [0.15, 0.2) is 5.17 Å². The summed E-state index contributed by atoms with van der Waals surface area (Å²) in [4.78, 5) is 7.40. The van der Waals surface area contributed by atoms with E-state index in [1.165, 1.54) is 62.5 Å². The number of piperidine rings is 1. The van der Waals surface area contributed by atoms with Crippen molar-refractivity contribution in [2.24, 2.45) is 10.9 Å². The molecule has 2 heterocycles. The van der Waals surface area contributed by atoms with Crippen LogP contribution in [0.5, 0.6) is 0 Å². The summed E-state index contributed by atoms with van der Waals surface area (Å²) < 4.78 is 0. The van der Waals surface area contributed by atoms with Crippen molar-refractivity contribution in [1.29, 1.82) is 0 Å². The Kier molecular flexibility index (Phi) is 4.14. The van der Waals surface area contributed by atoms with Gasteiger partial charge in [0.2, 0.25) is 0 Å². The van der Waals surface area contributed by atoms with Crippen LogP contribution in [-0.2, 0) is 0 Å². The van der Waals surface area contributed by atoms with Gasteiger partial charge < -0.3 is 10.2 Å². The zero-order chi connectivity index (χ0) is 12.4. The van der Waals surface area contributed by atoms with E-state index in [2.05, 4.69) is 17.3 Å². The van der Waals surface area contributed by atoms with Gasteiger partial charge in [-0.15, -0.1) is 0 Å². The summed E-state index contributed by atoms with van der Waals surface area (Å²) in [5.74, 6) is 2.15. The minimum Gasteiger partial charge on any atom is -0.361 e. The van der Waals surface area contributed by atoms with Crippen LogP contribution < -0.4 is 5.32 Å². The summed E-state index contributed by atoms with van der Waals surface area (Å²) in [5.41, 5.74) is 0. The maximum atomic E-state index is 4.97. The topological polar surface area (TPSA) is 27.6 Å². The highest BCUT2D eigenvalue weighted by atomic mass is 32.2. The molecule has 18 heavy (non-hydrogen) atoms. The Morgan fingerprint density at radius 1 is 1.22 bits per heavy atom. The van der Waals surface area contributed by atoms with E-state index in [1.807, 2.05) is 11.8 Å². The molecule has 102 valence electrons. The van der Waals surface area contributed by atoms with Crippen LogP contribution in [0.25, 0.3) is 0 Å². The summed E-state index contributed by atoms with van der Waals surface area (Å²) in [5, 5.41) is 4.93. The van der Waals surface area contributed by atoms with Crippen LogP contribution in [0.3, 0.4) is 0 Å². The SMILES string of the molecule is CN1CCCC(NC2=NC3CCCCC3CS2)C1. The Hall–Kier alpha value is -0.220. The van der Waals surface area contributed by atoms with E-state index < -0.39 is 0 Å². The van der Waals surface area contributed by atoms with Gasteiger partial charge in [-0.05, 0) is 45.2 Å². The molecular formula is C14H25N3S. The highest BCUT2D eigenvalue weighted by Gasteiger charge is 2.30. The van der Waals surface area contributed by atoms with E-state index in [9.17, 15) is 0 Å². The molecule has 0 aromatic heterocycles. The van der Waals surface area contributed by atoms with Crippen LogP contribution in [0.2, 0.25) is 0 Å². The third-order valence-electron chi connectivity index (χ3n) is 4.54. The fourth-order valence-corrected chi connectivity index (χ4v) is 4.68. The maximum absolute atomic E-state index is 4.97. The first-order valence-corrected chi connectivity index (χ1v) is 8.45. The number of fused-ring (bicyclic) bond motifs is 1. The van der Waals surface area contributed by atoms with Crippen molar-refractivity contribution >= 4 is 16.9 Å². The molecule has 3 aliphatic rings. The zero-order valence-corrected chi connectivity index (χ0v) is 12.2. The summed E-state index contributed by atoms with van der Waals surface area (Å²) in [6.45, 7) is 2.43. The molecule has 3 atom stereocenters. The molecule has 1 saturated heterocycles. The van der Waals surface area contributed by atoms with E-state index in [1.54, 1.807) is 0 Å². The molecule has 0 bridgehead atoms. The third-order valence-corrected chi connectivity index (χ3v) is 5.63. The van der Waals surface area contributed by atoms with Crippen LogP contribution in [0.4, 0.5) is 0 Å². The first-order valence-electron chi connectivity index (χ1n) is 7.47. The fourth-order valence-electron chi connectivity index (χ4n) is 3.46. The molecule has 2 fully saturated rings. The molecule has 0 radical (unpaired) electrons. The van der Waals surface area contributed by atoms with Crippen LogP contribution in [-0.4, -0.2) is 48.0 Å². The minimum absolute atomic E-state index is 0.621. The molecule has 0 aromatic rings. The van der Waals surface area contributed by atoms with Crippen molar-refractivity contribution in [2.45, 2.75) is 50.6 Å². The van der Waals surface area contributed by atoms with Crippen LogP contribution >= 0.6 is 11.8 Å². The number of nitrogens with zero attached hydrogens (tertiary/aromatic N) is 2. The molecule has 3 nitrogen and oxygen atoms in total. The number of thioether (sulfide) groups is 1. The summed E-state index contributed by atoms with van der Waals surface area (Å²) >= 11 is 1.96. The molecule has 0 amide bonds. The van der Waals surface area contributed by atoms with E-state index in [0.717, 1.165) is 5.92 Å². The largest absolute Gasteiger partial charge is 0.361 e. The number of likely N-dealkylation sites (N-methyl/N-ethyl adjacent to an activating group) is 1. The Bertz CT molecular complexity index is 318. The first kappa shape index (κ1) is 12.8. The highest BCUT2D eigenvalue weighted by Crippen LogP contribution is 2.33. The van der Waals surface area contributed by atoms with Crippen LogP contribution in [0.1, 0.15) is 38.5 Å². The third kappa shape index (κ3) is 3.02. The average Bonchev–Trinajstić information content (AvgIpc) is 2.39. The lowest BCUT2D eigenvalue weighted by atomic mass is 9.86. The van der Waals surface area contributed by atoms with Crippen molar-refractivity contribution in [3.05, 3.63) is 0 Å². The molecule has 2 aliphatic heterocycles. The van der Waals surface area contributed by atoms with E-state index in [4.69, 9.17) is 4.99 Å². The van der Waals surface area contributed by atoms with Crippen molar-refractivity contribution in [3.63, 3.8) is 0 Å². The highest BCUT2D eigenvalue weighted by molar-refractivity contribution is 8.13. The predicted molar refractivity (Wildman–Crippen MR) is 79.3 cm³/mol. The van der Waals surface area contributed by atoms with E-state index in [0.29, 0.717) is 12.1 Å². The lowest BCUT2D eigenvalue weighted by molar-refractivity contribution is 0.241. The number of nitrogens with one attached hydrogen (secondary N) is 1. The Morgan fingerprint density at radius 3 is 3.00 bits per heavy atom. The second-order valence-corrected chi connectivity index (χ2v) is 7.11. The quantitative estimate of drug-likeness (QED) is 0.790. The maximum Gasteiger partial charge on any atom is 0.157 e. The predicted octanol–water partition coefficient (Wildman–Crippen LogP) is 2.33. The van der Waals surface area contributed by atoms with Crippen molar-refractivity contribution in [3.8, 4) is 0 Å². The first-order chi connectivity index (χ1) is 8.81. The molecule has 3 unspecified atom stereocenters. The van der Waals surface area contributed by atoms with Gasteiger partial charge in [0, 0.05) is 18.3 Å². The molecule has 3 rings (SSSR count). The number of aliphatic imine (C=N–C) groups is 1. The normalized spacial score (nSPS) is 37.8. The van der Waals surface area contributed by atoms with Gasteiger partial charge in [-0.1, -0.05) is 24.6 Å². The number of likely N-dealkylation sites (tertiary alicyclic amines) is 1. The number of hydrogen-bond donors (Lipinski definition) is 1. The standard InChI is InChI=1S/C14H25N3S/c1-17-8-4-6-12(9-17)15-14-16-13-7-3-2-5-11(13)10-18-14/h11-13H,2-10H2,1H3,(H,15,16). The zero-order valence-electron chi connectivity index (χ0n) is 11.4. The van der Waals surface area contributed by atoms with Gasteiger partial charge in [-0.25, -0.2) is 0 Å². The van der Waals surface area contributed by atoms with E-state index >= 15 is 0 Å². The van der Waals surface area contributed by atoms with Crippen LogP contribution in [0, 0.1) is 5.92 Å². The van der Waals surface area contributed by atoms with Gasteiger partial charge in [0.05, 0.1) is 6.04 Å². The summed E-state index contributed by atoms with van der Waals surface area (Å²) in [6.07, 6.45) is 8.15. The summed E-state index contributed by atoms with van der Waals surface area (Å²) in [7, 11) is 2.22. The molecule has 1 saturated carbocycles. The lowest BCUT2D eigenvalue weighted by Gasteiger charge is -2.35. The molecular weight excluding hydrogens is 242 g/mol. The van der Waals surface area contributed by atoms with Crippen molar-refractivity contribution in [2.75, 3.05) is 25.9 Å². The van der Waals surface area contributed by atoms with Gasteiger partial charge >= 0.3 is 0 Å². The Morgan fingerprint density at radius 2 is 2.11 bits per heavy atom. The van der Waals surface area contributed by atoms with Gasteiger partial charge in [0.1, 0.15) is 0 Å². The number of amidine groups is 1. The Balaban J connectivity index is 1.57. The van der Waals surface area contributed by atoms with Crippen LogP contribution in [0.15, 0.2) is 4.99 Å². The average molecular weight is 267 g/mol. The van der Waals surface area contributed by atoms with Crippen molar-refractivity contribution in [1.82, 2.24) is 10.2 Å². The van der Waals surface area contributed by atoms with Crippen molar-refractivity contribution < 1.29 is 0 Å². The molecule has 1 N–H and O–H groups in total. The van der Waals surface area contributed by atoms with Gasteiger partial charge in [-0.3, -0.25) is 4.99 Å². The second kappa shape index (κ2) is 5.83.